The average Bonchev–Trinajstić information content (AvgIpc) is 2.46. The molecule has 1 aromatic heterocycles. The molecule has 0 fully saturated rings. The van der Waals surface area contributed by atoms with Crippen molar-refractivity contribution < 1.29 is 9.59 Å². The maximum atomic E-state index is 11.8. The van der Waals surface area contributed by atoms with Crippen LogP contribution in [0.4, 0.5) is 5.69 Å². The Labute approximate surface area is 120 Å². The molecule has 0 atom stereocenters. The van der Waals surface area contributed by atoms with Gasteiger partial charge in [-0.3, -0.25) is 14.6 Å². The lowest BCUT2D eigenvalue weighted by Gasteiger charge is -2.06. The molecular weight excluding hydrogens is 274 g/mol. The minimum absolute atomic E-state index is 0.145. The Kier molecular flexibility index (Phi) is 4.73. The number of nitrogens with zero attached hydrogens (tertiary/aromatic N) is 1. The van der Waals surface area contributed by atoms with Gasteiger partial charge >= 0.3 is 0 Å². The second kappa shape index (κ2) is 6.72. The fraction of sp³-hybridized carbons (Fsp3) is 0.0714. The van der Waals surface area contributed by atoms with E-state index < -0.39 is 5.91 Å². The highest BCUT2D eigenvalue weighted by Crippen LogP contribution is 2.17. The summed E-state index contributed by atoms with van der Waals surface area (Å²) in [5.41, 5.74) is 6.11. The van der Waals surface area contributed by atoms with Gasteiger partial charge in [0.05, 0.1) is 5.75 Å². The number of aromatic nitrogens is 1. The Balaban J connectivity index is 1.91. The van der Waals surface area contributed by atoms with Gasteiger partial charge in [-0.25, -0.2) is 0 Å². The Hall–Kier alpha value is -2.34. The summed E-state index contributed by atoms with van der Waals surface area (Å²) < 4.78 is 0. The first kappa shape index (κ1) is 14.1. The molecule has 6 heteroatoms. The maximum Gasteiger partial charge on any atom is 0.248 e. The zero-order valence-corrected chi connectivity index (χ0v) is 11.4. The summed E-state index contributed by atoms with van der Waals surface area (Å²) in [7, 11) is 0. The van der Waals surface area contributed by atoms with Gasteiger partial charge in [0.2, 0.25) is 11.8 Å². The van der Waals surface area contributed by atoms with Crippen molar-refractivity contribution in [3.63, 3.8) is 0 Å². The van der Waals surface area contributed by atoms with Crippen LogP contribution in [-0.2, 0) is 4.79 Å². The highest BCUT2D eigenvalue weighted by Gasteiger charge is 2.06. The van der Waals surface area contributed by atoms with Crippen LogP contribution in [0.3, 0.4) is 0 Å². The van der Waals surface area contributed by atoms with Gasteiger partial charge in [-0.05, 0) is 30.3 Å². The molecule has 2 rings (SSSR count). The monoisotopic (exact) mass is 287 g/mol. The van der Waals surface area contributed by atoms with Crippen molar-refractivity contribution in [1.82, 2.24) is 4.98 Å². The van der Waals surface area contributed by atoms with Crippen molar-refractivity contribution in [3.8, 4) is 0 Å². The molecule has 0 bridgehead atoms. The molecular formula is C14H13N3O2S. The largest absolute Gasteiger partial charge is 0.366 e. The van der Waals surface area contributed by atoms with Gasteiger partial charge in [0, 0.05) is 28.5 Å². The van der Waals surface area contributed by atoms with Crippen molar-refractivity contribution >= 4 is 29.3 Å². The SMILES string of the molecule is NC(=O)c1cccc(NC(=O)CSc2ccncc2)c1. The summed E-state index contributed by atoms with van der Waals surface area (Å²) in [6, 6.07) is 10.2. The van der Waals surface area contributed by atoms with Crippen LogP contribution < -0.4 is 11.1 Å². The number of carbonyl (C=O) groups is 2. The van der Waals surface area contributed by atoms with E-state index >= 15 is 0 Å². The Morgan fingerprint density at radius 1 is 1.20 bits per heavy atom. The van der Waals surface area contributed by atoms with Crippen LogP contribution in [0.5, 0.6) is 0 Å². The van der Waals surface area contributed by atoms with Gasteiger partial charge in [0.25, 0.3) is 0 Å². The van der Waals surface area contributed by atoms with Crippen molar-refractivity contribution in [3.05, 3.63) is 54.4 Å². The van der Waals surface area contributed by atoms with Crippen LogP contribution in [0, 0.1) is 0 Å². The van der Waals surface area contributed by atoms with Crippen molar-refractivity contribution in [2.45, 2.75) is 4.90 Å². The molecule has 0 saturated carbocycles. The first-order valence-corrected chi connectivity index (χ1v) is 6.86. The number of hydrogen-bond donors (Lipinski definition) is 2. The lowest BCUT2D eigenvalue weighted by molar-refractivity contribution is -0.113. The highest BCUT2D eigenvalue weighted by atomic mass is 32.2. The smallest absolute Gasteiger partial charge is 0.248 e. The number of hydrogen-bond acceptors (Lipinski definition) is 4. The van der Waals surface area contributed by atoms with Crippen molar-refractivity contribution in [2.75, 3.05) is 11.1 Å². The van der Waals surface area contributed by atoms with E-state index in [1.807, 2.05) is 12.1 Å². The molecule has 0 radical (unpaired) electrons. The third-order valence-electron chi connectivity index (χ3n) is 2.45. The van der Waals surface area contributed by atoms with Gasteiger partial charge < -0.3 is 11.1 Å². The van der Waals surface area contributed by atoms with Gasteiger partial charge in [0.15, 0.2) is 0 Å². The lowest BCUT2D eigenvalue weighted by Crippen LogP contribution is -2.15. The molecule has 3 N–H and O–H groups in total. The summed E-state index contributed by atoms with van der Waals surface area (Å²) >= 11 is 1.41. The van der Waals surface area contributed by atoms with Gasteiger partial charge in [0.1, 0.15) is 0 Å². The molecule has 1 aromatic carbocycles. The molecule has 2 aromatic rings. The van der Waals surface area contributed by atoms with Crippen molar-refractivity contribution in [1.29, 1.82) is 0 Å². The number of amides is 2. The fourth-order valence-corrected chi connectivity index (χ4v) is 2.21. The van der Waals surface area contributed by atoms with Crippen LogP contribution in [0.15, 0.2) is 53.7 Å². The first-order valence-electron chi connectivity index (χ1n) is 5.88. The topological polar surface area (TPSA) is 85.1 Å². The molecule has 2 amide bonds. The molecule has 0 aliphatic rings. The summed E-state index contributed by atoms with van der Waals surface area (Å²) in [6.45, 7) is 0. The lowest BCUT2D eigenvalue weighted by atomic mass is 10.2. The summed E-state index contributed by atoms with van der Waals surface area (Å²) in [5.74, 6) is -0.383. The normalized spacial score (nSPS) is 10.0. The number of primary amides is 1. The van der Waals surface area contributed by atoms with E-state index in [1.165, 1.54) is 11.8 Å². The molecule has 0 aliphatic heterocycles. The second-order valence-electron chi connectivity index (χ2n) is 3.96. The predicted molar refractivity (Wildman–Crippen MR) is 78.6 cm³/mol. The number of pyridine rings is 1. The quantitative estimate of drug-likeness (QED) is 0.823. The number of anilines is 1. The van der Waals surface area contributed by atoms with Gasteiger partial charge in [-0.1, -0.05) is 6.07 Å². The summed E-state index contributed by atoms with van der Waals surface area (Å²) in [4.78, 5) is 27.7. The predicted octanol–water partition coefficient (Wildman–Crippen LogP) is 1.91. The number of nitrogens with two attached hydrogens (primary N) is 1. The Morgan fingerprint density at radius 2 is 1.95 bits per heavy atom. The van der Waals surface area contributed by atoms with E-state index in [4.69, 9.17) is 5.73 Å². The van der Waals surface area contributed by atoms with Crippen LogP contribution in [0.25, 0.3) is 0 Å². The molecule has 5 nitrogen and oxygen atoms in total. The maximum absolute atomic E-state index is 11.8. The van der Waals surface area contributed by atoms with Crippen LogP contribution in [-0.4, -0.2) is 22.6 Å². The minimum Gasteiger partial charge on any atom is -0.366 e. The minimum atomic E-state index is -0.521. The Morgan fingerprint density at radius 3 is 2.65 bits per heavy atom. The van der Waals surface area contributed by atoms with Gasteiger partial charge in [-0.15, -0.1) is 11.8 Å². The summed E-state index contributed by atoms with van der Waals surface area (Å²) in [5, 5.41) is 2.72. The molecule has 20 heavy (non-hydrogen) atoms. The van der Waals surface area contributed by atoms with E-state index in [0.717, 1.165) is 4.90 Å². The molecule has 0 aliphatic carbocycles. The zero-order chi connectivity index (χ0) is 14.4. The third kappa shape index (κ3) is 4.10. The Bertz CT molecular complexity index is 617. The molecule has 0 unspecified atom stereocenters. The number of carbonyl (C=O) groups excluding carboxylic acids is 2. The molecule has 0 saturated heterocycles. The molecule has 1 heterocycles. The van der Waals surface area contributed by atoms with Crippen LogP contribution >= 0.6 is 11.8 Å². The van der Waals surface area contributed by atoms with E-state index in [0.29, 0.717) is 11.3 Å². The van der Waals surface area contributed by atoms with Crippen LogP contribution in [0.1, 0.15) is 10.4 Å². The number of rotatable bonds is 5. The number of nitrogens with one attached hydrogen (secondary N) is 1. The van der Waals surface area contributed by atoms with E-state index in [9.17, 15) is 9.59 Å². The summed E-state index contributed by atoms with van der Waals surface area (Å²) in [6.07, 6.45) is 3.35. The zero-order valence-electron chi connectivity index (χ0n) is 10.6. The van der Waals surface area contributed by atoms with Crippen molar-refractivity contribution in [2.24, 2.45) is 5.73 Å². The average molecular weight is 287 g/mol. The van der Waals surface area contributed by atoms with Gasteiger partial charge in [-0.2, -0.15) is 0 Å². The molecule has 0 spiro atoms. The van der Waals surface area contributed by atoms with E-state index in [1.54, 1.807) is 36.7 Å². The van der Waals surface area contributed by atoms with E-state index in [2.05, 4.69) is 10.3 Å². The second-order valence-corrected chi connectivity index (χ2v) is 5.01. The van der Waals surface area contributed by atoms with Crippen LogP contribution in [0.2, 0.25) is 0 Å². The standard InChI is InChI=1S/C14H13N3O2S/c15-14(19)10-2-1-3-11(8-10)17-13(18)9-20-12-4-6-16-7-5-12/h1-8H,9H2,(H2,15,19)(H,17,18). The number of thioether (sulfide) groups is 1. The fourth-order valence-electron chi connectivity index (χ4n) is 1.53. The highest BCUT2D eigenvalue weighted by molar-refractivity contribution is 8.00. The molecule has 102 valence electrons. The third-order valence-corrected chi connectivity index (χ3v) is 3.46. The number of benzene rings is 1. The first-order chi connectivity index (χ1) is 9.65. The van der Waals surface area contributed by atoms with E-state index in [-0.39, 0.29) is 11.7 Å².